The number of hydrogen-bond donors (Lipinski definition) is 1. The Bertz CT molecular complexity index is 930. The molecule has 0 unspecified atom stereocenters. The third kappa shape index (κ3) is 5.26. The summed E-state index contributed by atoms with van der Waals surface area (Å²) in [4.78, 5) is 13.2. The van der Waals surface area contributed by atoms with Gasteiger partial charge in [0, 0.05) is 24.4 Å². The van der Waals surface area contributed by atoms with Gasteiger partial charge in [0.25, 0.3) is 0 Å². The molecular weight excluding hydrogens is 398 g/mol. The summed E-state index contributed by atoms with van der Waals surface area (Å²) in [5.74, 6) is -0.185. The van der Waals surface area contributed by atoms with Gasteiger partial charge in [-0.15, -0.1) is 11.3 Å². The summed E-state index contributed by atoms with van der Waals surface area (Å²) in [6.45, 7) is 3.57. The lowest BCUT2D eigenvalue weighted by Gasteiger charge is -2.26. The Labute approximate surface area is 169 Å². The quantitative estimate of drug-likeness (QED) is 0.548. The van der Waals surface area contributed by atoms with Crippen LogP contribution < -0.4 is 5.43 Å². The third-order valence-electron chi connectivity index (χ3n) is 4.44. The molecule has 1 aromatic heterocycles. The van der Waals surface area contributed by atoms with Gasteiger partial charge < -0.3 is 4.74 Å². The van der Waals surface area contributed by atoms with Gasteiger partial charge in [0.2, 0.25) is 15.9 Å². The van der Waals surface area contributed by atoms with Crippen molar-refractivity contribution in [3.63, 3.8) is 0 Å². The van der Waals surface area contributed by atoms with Crippen LogP contribution in [0.5, 0.6) is 0 Å². The maximum Gasteiger partial charge on any atom is 0.243 e. The molecule has 1 saturated heterocycles. The molecule has 1 amide bonds. The van der Waals surface area contributed by atoms with Gasteiger partial charge >= 0.3 is 0 Å². The maximum absolute atomic E-state index is 12.6. The summed E-state index contributed by atoms with van der Waals surface area (Å²) in [6, 6.07) is 8.68. The van der Waals surface area contributed by atoms with Crippen LogP contribution in [0.2, 0.25) is 0 Å². The first-order chi connectivity index (χ1) is 13.5. The molecule has 1 aliphatic rings. The van der Waals surface area contributed by atoms with E-state index in [-0.39, 0.29) is 17.2 Å². The van der Waals surface area contributed by atoms with Crippen molar-refractivity contribution in [1.29, 1.82) is 0 Å². The van der Waals surface area contributed by atoms with Gasteiger partial charge in [0.05, 0.1) is 24.3 Å². The van der Waals surface area contributed by atoms with E-state index >= 15 is 0 Å². The summed E-state index contributed by atoms with van der Waals surface area (Å²) in [6.07, 6.45) is 2.43. The third-order valence-corrected chi connectivity index (χ3v) is 7.31. The van der Waals surface area contributed by atoms with Crippen LogP contribution in [0.15, 0.2) is 45.7 Å². The molecule has 0 aliphatic carbocycles. The number of aryl methyl sites for hydroxylation is 2. The molecule has 7 nitrogen and oxygen atoms in total. The minimum atomic E-state index is -3.49. The van der Waals surface area contributed by atoms with Crippen molar-refractivity contribution >= 4 is 33.5 Å². The Morgan fingerprint density at radius 2 is 1.96 bits per heavy atom. The van der Waals surface area contributed by atoms with E-state index < -0.39 is 10.0 Å². The average Bonchev–Trinajstić information content (AvgIpc) is 3.12. The zero-order valence-electron chi connectivity index (χ0n) is 15.6. The predicted molar refractivity (Wildman–Crippen MR) is 109 cm³/mol. The molecule has 2 aromatic rings. The van der Waals surface area contributed by atoms with Gasteiger partial charge in [-0.25, -0.2) is 13.8 Å². The number of carbonyl (C=O) groups is 1. The molecule has 1 aliphatic heterocycles. The van der Waals surface area contributed by atoms with E-state index in [1.165, 1.54) is 4.31 Å². The van der Waals surface area contributed by atoms with E-state index in [2.05, 4.69) is 10.5 Å². The van der Waals surface area contributed by atoms with E-state index in [1.807, 2.05) is 18.4 Å². The predicted octanol–water partition coefficient (Wildman–Crippen LogP) is 2.16. The number of morpholine rings is 1. The number of thiophene rings is 1. The summed E-state index contributed by atoms with van der Waals surface area (Å²) >= 11 is 1.56. The fourth-order valence-electron chi connectivity index (χ4n) is 2.76. The fraction of sp³-hybridized carbons (Fsp3) is 0.368. The van der Waals surface area contributed by atoms with Gasteiger partial charge in [0.1, 0.15) is 0 Å². The standard InChI is InChI=1S/C19H23N3O4S2/c1-15-8-13-27-18(15)14-20-21-19(23)7-4-16-2-5-17(6-3-16)28(24,25)22-9-11-26-12-10-22/h2-3,5-6,8,13-14H,4,7,9-12H2,1H3,(H,21,23)/b20-14+. The highest BCUT2D eigenvalue weighted by Crippen LogP contribution is 2.18. The number of hydrogen-bond acceptors (Lipinski definition) is 6. The van der Waals surface area contributed by atoms with E-state index in [0.717, 1.165) is 16.0 Å². The van der Waals surface area contributed by atoms with Crippen LogP contribution in [0.25, 0.3) is 0 Å². The van der Waals surface area contributed by atoms with Crippen LogP contribution in [-0.2, 0) is 26.0 Å². The topological polar surface area (TPSA) is 88.1 Å². The van der Waals surface area contributed by atoms with Crippen LogP contribution >= 0.6 is 11.3 Å². The molecule has 0 saturated carbocycles. The van der Waals surface area contributed by atoms with Gasteiger partial charge in [-0.2, -0.15) is 9.41 Å². The van der Waals surface area contributed by atoms with Crippen molar-refractivity contribution in [3.8, 4) is 0 Å². The Hall–Kier alpha value is -2.07. The second kappa shape index (κ2) is 9.42. The summed E-state index contributed by atoms with van der Waals surface area (Å²) in [5.41, 5.74) is 4.54. The zero-order chi connectivity index (χ0) is 20.0. The highest BCUT2D eigenvalue weighted by atomic mass is 32.2. The number of sulfonamides is 1. The Kier molecular flexibility index (Phi) is 6.95. The number of hydrazone groups is 1. The van der Waals surface area contributed by atoms with Crippen molar-refractivity contribution in [2.45, 2.75) is 24.7 Å². The number of amides is 1. The monoisotopic (exact) mass is 421 g/mol. The van der Waals surface area contributed by atoms with Crippen LogP contribution in [0.3, 0.4) is 0 Å². The number of benzene rings is 1. The molecule has 1 aromatic carbocycles. The molecule has 1 N–H and O–H groups in total. The zero-order valence-corrected chi connectivity index (χ0v) is 17.3. The fourth-order valence-corrected chi connectivity index (χ4v) is 4.95. The largest absolute Gasteiger partial charge is 0.379 e. The first-order valence-corrected chi connectivity index (χ1v) is 11.3. The SMILES string of the molecule is Cc1ccsc1/C=N/NC(=O)CCc1ccc(S(=O)(=O)N2CCOCC2)cc1. The van der Waals surface area contributed by atoms with Crippen LogP contribution in [0.4, 0.5) is 0 Å². The van der Waals surface area contributed by atoms with Gasteiger partial charge in [-0.05, 0) is 48.1 Å². The van der Waals surface area contributed by atoms with Gasteiger partial charge in [0.15, 0.2) is 0 Å². The first-order valence-electron chi connectivity index (χ1n) is 8.99. The number of nitrogens with one attached hydrogen (secondary N) is 1. The number of ether oxygens (including phenoxy) is 1. The van der Waals surface area contributed by atoms with E-state index in [4.69, 9.17) is 4.74 Å². The normalized spacial score (nSPS) is 15.8. The van der Waals surface area contributed by atoms with Crippen molar-refractivity contribution < 1.29 is 17.9 Å². The Balaban J connectivity index is 1.50. The van der Waals surface area contributed by atoms with Crippen molar-refractivity contribution in [2.75, 3.05) is 26.3 Å². The average molecular weight is 422 g/mol. The molecule has 28 heavy (non-hydrogen) atoms. The van der Waals surface area contributed by atoms with Gasteiger partial charge in [-0.1, -0.05) is 12.1 Å². The minimum absolute atomic E-state index is 0.185. The maximum atomic E-state index is 12.6. The molecule has 0 bridgehead atoms. The minimum Gasteiger partial charge on any atom is -0.379 e. The lowest BCUT2D eigenvalue weighted by molar-refractivity contribution is -0.121. The molecule has 3 rings (SSSR count). The Morgan fingerprint density at radius 1 is 1.25 bits per heavy atom. The van der Waals surface area contributed by atoms with E-state index in [0.29, 0.717) is 32.7 Å². The number of rotatable bonds is 7. The molecule has 150 valence electrons. The van der Waals surface area contributed by atoms with E-state index in [9.17, 15) is 13.2 Å². The summed E-state index contributed by atoms with van der Waals surface area (Å²) < 4.78 is 31.8. The second-order valence-corrected chi connectivity index (χ2v) is 9.31. The second-order valence-electron chi connectivity index (χ2n) is 6.42. The molecule has 9 heteroatoms. The van der Waals surface area contributed by atoms with Crippen molar-refractivity contribution in [3.05, 3.63) is 51.7 Å². The highest BCUT2D eigenvalue weighted by molar-refractivity contribution is 7.89. The number of nitrogens with zero attached hydrogens (tertiary/aromatic N) is 2. The molecule has 0 spiro atoms. The lowest BCUT2D eigenvalue weighted by atomic mass is 10.1. The number of carbonyl (C=O) groups excluding carboxylic acids is 1. The molecule has 2 heterocycles. The molecular formula is C19H23N3O4S2. The Morgan fingerprint density at radius 3 is 2.61 bits per heavy atom. The van der Waals surface area contributed by atoms with Crippen LogP contribution in [0.1, 0.15) is 22.4 Å². The first kappa shape index (κ1) is 20.7. The highest BCUT2D eigenvalue weighted by Gasteiger charge is 2.26. The summed E-state index contributed by atoms with van der Waals surface area (Å²) in [7, 11) is -3.49. The van der Waals surface area contributed by atoms with Crippen LogP contribution in [-0.4, -0.2) is 51.1 Å². The van der Waals surface area contributed by atoms with Gasteiger partial charge in [-0.3, -0.25) is 4.79 Å². The van der Waals surface area contributed by atoms with E-state index in [1.54, 1.807) is 41.8 Å². The van der Waals surface area contributed by atoms with Crippen molar-refractivity contribution in [2.24, 2.45) is 5.10 Å². The molecule has 1 fully saturated rings. The molecule has 0 radical (unpaired) electrons. The van der Waals surface area contributed by atoms with Crippen LogP contribution in [0, 0.1) is 6.92 Å². The molecule has 0 atom stereocenters. The summed E-state index contributed by atoms with van der Waals surface area (Å²) in [5, 5.41) is 5.95. The van der Waals surface area contributed by atoms with Crippen molar-refractivity contribution in [1.82, 2.24) is 9.73 Å². The lowest BCUT2D eigenvalue weighted by Crippen LogP contribution is -2.40. The smallest absolute Gasteiger partial charge is 0.243 e.